The molecule has 6 rings (SSSR count). The summed E-state index contributed by atoms with van der Waals surface area (Å²) < 4.78 is 23.3. The number of ether oxygens (including phenoxy) is 1. The molecular formula is C25H19FN4O. The Balaban J connectivity index is 1.66. The normalized spacial score (nSPS) is 19.0. The van der Waals surface area contributed by atoms with Crippen LogP contribution in [0.4, 0.5) is 10.3 Å². The lowest BCUT2D eigenvalue weighted by Gasteiger charge is -2.39. The van der Waals surface area contributed by atoms with E-state index < -0.39 is 6.10 Å². The van der Waals surface area contributed by atoms with Crippen LogP contribution in [0.25, 0.3) is 5.70 Å². The summed E-state index contributed by atoms with van der Waals surface area (Å²) in [5.74, 6) is 1.06. The van der Waals surface area contributed by atoms with Crippen molar-refractivity contribution in [1.82, 2.24) is 14.8 Å². The number of hydrogen-bond acceptors (Lipinski definition) is 4. The molecule has 1 aromatic heterocycles. The predicted octanol–water partition coefficient (Wildman–Crippen LogP) is 5.29. The van der Waals surface area contributed by atoms with Crippen LogP contribution in [0.3, 0.4) is 0 Å². The summed E-state index contributed by atoms with van der Waals surface area (Å²) in [5, 5.41) is 7.94. The molecule has 3 aromatic carbocycles. The third kappa shape index (κ3) is 2.75. The van der Waals surface area contributed by atoms with Crippen LogP contribution in [-0.2, 0) is 0 Å². The molecule has 2 unspecified atom stereocenters. The highest BCUT2D eigenvalue weighted by molar-refractivity contribution is 5.85. The monoisotopic (exact) mass is 410 g/mol. The molecule has 0 fully saturated rings. The molecule has 0 bridgehead atoms. The lowest BCUT2D eigenvalue weighted by molar-refractivity contribution is 0.218. The van der Waals surface area contributed by atoms with E-state index in [1.807, 2.05) is 48.0 Å². The Labute approximate surface area is 178 Å². The summed E-state index contributed by atoms with van der Waals surface area (Å²) in [6.07, 6.45) is 0.925. The molecule has 1 N–H and O–H groups in total. The van der Waals surface area contributed by atoms with E-state index in [2.05, 4.69) is 33.6 Å². The van der Waals surface area contributed by atoms with Crippen LogP contribution in [0.15, 0.2) is 84.7 Å². The highest BCUT2D eigenvalue weighted by atomic mass is 19.1. The van der Waals surface area contributed by atoms with Gasteiger partial charge in [-0.05, 0) is 30.7 Å². The fourth-order valence-corrected chi connectivity index (χ4v) is 4.49. The van der Waals surface area contributed by atoms with Crippen LogP contribution in [0.1, 0.15) is 34.4 Å². The van der Waals surface area contributed by atoms with E-state index in [1.165, 1.54) is 12.4 Å². The van der Waals surface area contributed by atoms with E-state index in [9.17, 15) is 4.39 Å². The Kier molecular flexibility index (Phi) is 3.93. The Morgan fingerprint density at radius 3 is 2.65 bits per heavy atom. The van der Waals surface area contributed by atoms with Gasteiger partial charge in [0.1, 0.15) is 23.9 Å². The Hall–Kier alpha value is -3.93. The Morgan fingerprint density at radius 1 is 1.00 bits per heavy atom. The van der Waals surface area contributed by atoms with Crippen molar-refractivity contribution in [3.05, 3.63) is 113 Å². The number of hydrogen-bond donors (Lipinski definition) is 1. The van der Waals surface area contributed by atoms with E-state index in [0.29, 0.717) is 17.3 Å². The summed E-state index contributed by atoms with van der Waals surface area (Å²) in [7, 11) is 0. The zero-order chi connectivity index (χ0) is 20.9. The lowest BCUT2D eigenvalue weighted by Crippen LogP contribution is -2.32. The molecule has 2 aliphatic heterocycles. The van der Waals surface area contributed by atoms with Gasteiger partial charge in [0.05, 0.1) is 5.70 Å². The molecule has 2 aliphatic rings. The van der Waals surface area contributed by atoms with Crippen molar-refractivity contribution in [2.45, 2.75) is 19.1 Å². The maximum atomic E-state index is 15.0. The quantitative estimate of drug-likeness (QED) is 0.488. The Bertz CT molecular complexity index is 1330. The van der Waals surface area contributed by atoms with Gasteiger partial charge in [0.25, 0.3) is 0 Å². The molecule has 0 amide bonds. The Morgan fingerprint density at radius 2 is 1.81 bits per heavy atom. The van der Waals surface area contributed by atoms with E-state index in [4.69, 9.17) is 4.74 Å². The first kappa shape index (κ1) is 17.9. The van der Waals surface area contributed by atoms with Gasteiger partial charge in [-0.25, -0.2) is 9.07 Å². The molecule has 4 aromatic rings. The van der Waals surface area contributed by atoms with Crippen molar-refractivity contribution >= 4 is 11.6 Å². The highest BCUT2D eigenvalue weighted by Gasteiger charge is 2.41. The van der Waals surface area contributed by atoms with Gasteiger partial charge in [-0.15, -0.1) is 0 Å². The van der Waals surface area contributed by atoms with Gasteiger partial charge >= 0.3 is 0 Å². The van der Waals surface area contributed by atoms with Gasteiger partial charge in [-0.3, -0.25) is 0 Å². The number of nitrogens with zero attached hydrogens (tertiary/aromatic N) is 3. The largest absolute Gasteiger partial charge is 0.480 e. The average molecular weight is 410 g/mol. The number of aryl methyl sites for hydroxylation is 1. The molecule has 5 nitrogen and oxygen atoms in total. The fraction of sp³-hybridized carbons (Fsp3) is 0.120. The van der Waals surface area contributed by atoms with Gasteiger partial charge in [-0.2, -0.15) is 10.1 Å². The predicted molar refractivity (Wildman–Crippen MR) is 116 cm³/mol. The van der Waals surface area contributed by atoms with Gasteiger partial charge in [0, 0.05) is 16.7 Å². The summed E-state index contributed by atoms with van der Waals surface area (Å²) in [6, 6.07) is 22.6. The fourth-order valence-electron chi connectivity index (χ4n) is 4.49. The van der Waals surface area contributed by atoms with Crippen molar-refractivity contribution in [3.8, 4) is 5.75 Å². The van der Waals surface area contributed by atoms with E-state index in [0.717, 1.165) is 28.0 Å². The minimum Gasteiger partial charge on any atom is -0.480 e. The second kappa shape index (κ2) is 6.80. The van der Waals surface area contributed by atoms with Gasteiger partial charge < -0.3 is 10.1 Å². The van der Waals surface area contributed by atoms with Crippen LogP contribution >= 0.6 is 0 Å². The van der Waals surface area contributed by atoms with Gasteiger partial charge in [-0.1, -0.05) is 60.2 Å². The number of anilines is 1. The van der Waals surface area contributed by atoms with Gasteiger partial charge in [0.2, 0.25) is 5.95 Å². The number of halogens is 1. The van der Waals surface area contributed by atoms with Crippen LogP contribution < -0.4 is 10.1 Å². The summed E-state index contributed by atoms with van der Waals surface area (Å²) in [6.45, 7) is 2.05. The summed E-state index contributed by atoms with van der Waals surface area (Å²) >= 11 is 0. The minimum atomic E-state index is -0.610. The van der Waals surface area contributed by atoms with Crippen LogP contribution in [0.2, 0.25) is 0 Å². The number of aromatic nitrogens is 3. The zero-order valence-electron chi connectivity index (χ0n) is 16.8. The first-order valence-electron chi connectivity index (χ1n) is 10.2. The number of fused-ring (bicyclic) bond motifs is 3. The van der Waals surface area contributed by atoms with Crippen LogP contribution in [0, 0.1) is 12.7 Å². The van der Waals surface area contributed by atoms with Gasteiger partial charge in [0.15, 0.2) is 6.10 Å². The molecule has 152 valence electrons. The molecule has 0 saturated heterocycles. The SMILES string of the molecule is Cc1ccc2c(c1)C1=C(C(c3ccccc3F)O2)C(c2ccccc2)n2ncnc2N1. The van der Waals surface area contributed by atoms with Crippen molar-refractivity contribution < 1.29 is 9.13 Å². The molecule has 31 heavy (non-hydrogen) atoms. The highest BCUT2D eigenvalue weighted by Crippen LogP contribution is 2.50. The lowest BCUT2D eigenvalue weighted by atomic mass is 9.84. The van der Waals surface area contributed by atoms with E-state index >= 15 is 0 Å². The summed E-state index contributed by atoms with van der Waals surface area (Å²) in [4.78, 5) is 4.43. The maximum Gasteiger partial charge on any atom is 0.226 e. The topological polar surface area (TPSA) is 52.0 Å². The van der Waals surface area contributed by atoms with E-state index in [1.54, 1.807) is 12.1 Å². The molecule has 3 heterocycles. The molecule has 0 saturated carbocycles. The number of rotatable bonds is 2. The third-order valence-electron chi connectivity index (χ3n) is 5.87. The molecule has 6 heteroatoms. The maximum absolute atomic E-state index is 15.0. The second-order valence-corrected chi connectivity index (χ2v) is 7.82. The first-order chi connectivity index (χ1) is 15.2. The minimum absolute atomic E-state index is 0.284. The standard InChI is InChI=1S/C25H19FN4O/c1-15-11-12-20-18(13-15)22-21(24(31-20)17-9-5-6-10-19(17)26)23(16-7-3-2-4-8-16)30-25(29-22)27-14-28-30/h2-14,23-24H,1H3,(H,27,28,29). The first-order valence-corrected chi connectivity index (χ1v) is 10.2. The van der Waals surface area contributed by atoms with E-state index in [-0.39, 0.29) is 11.9 Å². The third-order valence-corrected chi connectivity index (χ3v) is 5.87. The average Bonchev–Trinajstić information content (AvgIpc) is 3.27. The van der Waals surface area contributed by atoms with Crippen LogP contribution in [-0.4, -0.2) is 14.8 Å². The van der Waals surface area contributed by atoms with Crippen molar-refractivity contribution in [2.24, 2.45) is 0 Å². The molecule has 0 radical (unpaired) electrons. The molecule has 0 aliphatic carbocycles. The second-order valence-electron chi connectivity index (χ2n) is 7.82. The van der Waals surface area contributed by atoms with Crippen molar-refractivity contribution in [1.29, 1.82) is 0 Å². The molecule has 2 atom stereocenters. The zero-order valence-corrected chi connectivity index (χ0v) is 16.8. The van der Waals surface area contributed by atoms with Crippen LogP contribution in [0.5, 0.6) is 5.75 Å². The number of benzene rings is 3. The smallest absolute Gasteiger partial charge is 0.226 e. The molecule has 0 spiro atoms. The summed E-state index contributed by atoms with van der Waals surface area (Å²) in [5.41, 5.74) is 5.39. The number of nitrogens with one attached hydrogen (secondary N) is 1. The van der Waals surface area contributed by atoms with Crippen molar-refractivity contribution in [2.75, 3.05) is 5.32 Å². The molecular weight excluding hydrogens is 391 g/mol. The van der Waals surface area contributed by atoms with Crippen molar-refractivity contribution in [3.63, 3.8) is 0 Å².